The van der Waals surface area contributed by atoms with Gasteiger partial charge < -0.3 is 20.3 Å². The predicted molar refractivity (Wildman–Crippen MR) is 79.3 cm³/mol. The van der Waals surface area contributed by atoms with Crippen LogP contribution in [-0.2, 0) is 9.53 Å². The highest BCUT2D eigenvalue weighted by atomic mass is 19.1. The van der Waals surface area contributed by atoms with Gasteiger partial charge in [0.25, 0.3) is 5.91 Å². The molecule has 8 heteroatoms. The molecule has 0 aliphatic carbocycles. The number of anilines is 2. The van der Waals surface area contributed by atoms with E-state index in [-0.39, 0.29) is 12.5 Å². The molecule has 1 atom stereocenters. The molecule has 2 amide bonds. The Morgan fingerprint density at radius 1 is 1.55 bits per heavy atom. The molecule has 0 saturated carbocycles. The highest BCUT2D eigenvalue weighted by Crippen LogP contribution is 2.26. The lowest BCUT2D eigenvalue weighted by molar-refractivity contribution is -0.120. The Morgan fingerprint density at radius 3 is 2.86 bits per heavy atom. The third-order valence-corrected chi connectivity index (χ3v) is 2.99. The van der Waals surface area contributed by atoms with Gasteiger partial charge in [0.2, 0.25) is 0 Å². The summed E-state index contributed by atoms with van der Waals surface area (Å²) in [7, 11) is 1.50. The Bertz CT molecular complexity index is 600. The standard InChI is InChI=1S/C14H19FN4O3/c1-14(2,3)22-13(21)18-9-7-17-11-10(19(4)12(9)20)5-8(15)6-16-11/h5-6,9H,7H2,1-4H3,(H,16,17)(H,18,21). The van der Waals surface area contributed by atoms with Gasteiger partial charge in [0, 0.05) is 19.7 Å². The Morgan fingerprint density at radius 2 is 2.23 bits per heavy atom. The van der Waals surface area contributed by atoms with Crippen LogP contribution < -0.4 is 15.5 Å². The molecule has 0 aromatic carbocycles. The van der Waals surface area contributed by atoms with Crippen molar-refractivity contribution in [1.29, 1.82) is 0 Å². The van der Waals surface area contributed by atoms with E-state index in [1.165, 1.54) is 18.0 Å². The Labute approximate surface area is 127 Å². The Hall–Kier alpha value is -2.38. The molecule has 1 aromatic heterocycles. The average Bonchev–Trinajstić information content (AvgIpc) is 2.50. The van der Waals surface area contributed by atoms with Crippen LogP contribution in [0.1, 0.15) is 20.8 Å². The lowest BCUT2D eigenvalue weighted by Gasteiger charge is -2.24. The molecule has 7 nitrogen and oxygen atoms in total. The highest BCUT2D eigenvalue weighted by molar-refractivity contribution is 6.01. The van der Waals surface area contributed by atoms with E-state index in [1.807, 2.05) is 0 Å². The minimum atomic E-state index is -0.836. The first-order chi connectivity index (χ1) is 10.2. The zero-order valence-corrected chi connectivity index (χ0v) is 12.9. The van der Waals surface area contributed by atoms with Crippen molar-refractivity contribution >= 4 is 23.5 Å². The number of likely N-dealkylation sites (N-methyl/N-ethyl adjacent to an activating group) is 1. The van der Waals surface area contributed by atoms with Gasteiger partial charge in [-0.3, -0.25) is 4.79 Å². The van der Waals surface area contributed by atoms with Crippen molar-refractivity contribution in [2.75, 3.05) is 23.8 Å². The van der Waals surface area contributed by atoms with E-state index in [0.717, 1.165) is 6.20 Å². The van der Waals surface area contributed by atoms with Crippen molar-refractivity contribution < 1.29 is 18.7 Å². The first-order valence-electron chi connectivity index (χ1n) is 6.84. The number of ether oxygens (including phenoxy) is 1. The smallest absolute Gasteiger partial charge is 0.408 e. The summed E-state index contributed by atoms with van der Waals surface area (Å²) in [6, 6.07) is 0.375. The quantitative estimate of drug-likeness (QED) is 0.821. The second-order valence-electron chi connectivity index (χ2n) is 6.00. The van der Waals surface area contributed by atoms with E-state index >= 15 is 0 Å². The maximum atomic E-state index is 13.3. The molecule has 1 aliphatic rings. The van der Waals surface area contributed by atoms with E-state index in [1.54, 1.807) is 20.8 Å². The minimum Gasteiger partial charge on any atom is -0.444 e. The van der Waals surface area contributed by atoms with E-state index < -0.39 is 23.6 Å². The number of carbonyl (C=O) groups excluding carboxylic acids is 2. The van der Waals surface area contributed by atoms with E-state index in [9.17, 15) is 14.0 Å². The molecule has 0 spiro atoms. The molecule has 1 aliphatic heterocycles. The number of nitrogens with zero attached hydrogens (tertiary/aromatic N) is 2. The van der Waals surface area contributed by atoms with Gasteiger partial charge in [-0.2, -0.15) is 0 Å². The summed E-state index contributed by atoms with van der Waals surface area (Å²) >= 11 is 0. The van der Waals surface area contributed by atoms with Gasteiger partial charge in [-0.05, 0) is 20.8 Å². The van der Waals surface area contributed by atoms with Gasteiger partial charge in [-0.25, -0.2) is 14.2 Å². The molecule has 2 heterocycles. The second kappa shape index (κ2) is 5.78. The molecule has 1 aromatic rings. The highest BCUT2D eigenvalue weighted by Gasteiger charge is 2.31. The van der Waals surface area contributed by atoms with Gasteiger partial charge in [0.05, 0.1) is 11.9 Å². The summed E-state index contributed by atoms with van der Waals surface area (Å²) in [6.07, 6.45) is 0.373. The fourth-order valence-corrected chi connectivity index (χ4v) is 2.02. The number of pyridine rings is 1. The fraction of sp³-hybridized carbons (Fsp3) is 0.500. The Kier molecular flexibility index (Phi) is 4.20. The molecule has 0 radical (unpaired) electrons. The number of halogens is 1. The molecule has 0 saturated heterocycles. The van der Waals surface area contributed by atoms with Gasteiger partial charge in [-0.15, -0.1) is 0 Å². The van der Waals surface area contributed by atoms with Crippen molar-refractivity contribution in [1.82, 2.24) is 10.3 Å². The maximum Gasteiger partial charge on any atom is 0.408 e. The number of fused-ring (bicyclic) bond motifs is 1. The normalized spacial score (nSPS) is 18.1. The summed E-state index contributed by atoms with van der Waals surface area (Å²) in [5, 5.41) is 5.43. The molecular weight excluding hydrogens is 291 g/mol. The van der Waals surface area contributed by atoms with Crippen LogP contribution in [0.15, 0.2) is 12.3 Å². The third-order valence-electron chi connectivity index (χ3n) is 2.99. The number of aromatic nitrogens is 1. The van der Waals surface area contributed by atoms with Crippen LogP contribution in [0.5, 0.6) is 0 Å². The first-order valence-corrected chi connectivity index (χ1v) is 6.84. The van der Waals surface area contributed by atoms with Crippen molar-refractivity contribution in [3.8, 4) is 0 Å². The number of amides is 2. The van der Waals surface area contributed by atoms with Crippen molar-refractivity contribution in [2.24, 2.45) is 0 Å². The minimum absolute atomic E-state index is 0.133. The van der Waals surface area contributed by atoms with Crippen molar-refractivity contribution in [3.63, 3.8) is 0 Å². The fourth-order valence-electron chi connectivity index (χ4n) is 2.02. The van der Waals surface area contributed by atoms with Gasteiger partial charge in [0.1, 0.15) is 23.3 Å². The number of rotatable bonds is 1. The predicted octanol–water partition coefficient (Wildman–Crippen LogP) is 1.50. The van der Waals surface area contributed by atoms with Crippen molar-refractivity contribution in [3.05, 3.63) is 18.1 Å². The monoisotopic (exact) mass is 310 g/mol. The average molecular weight is 310 g/mol. The Balaban J connectivity index is 2.15. The molecule has 1 unspecified atom stereocenters. The van der Waals surface area contributed by atoms with Gasteiger partial charge in [0.15, 0.2) is 0 Å². The van der Waals surface area contributed by atoms with Crippen LogP contribution in [0.4, 0.5) is 20.7 Å². The molecule has 2 N–H and O–H groups in total. The summed E-state index contributed by atoms with van der Waals surface area (Å²) in [6.45, 7) is 5.32. The van der Waals surface area contributed by atoms with Gasteiger partial charge in [-0.1, -0.05) is 0 Å². The zero-order chi connectivity index (χ0) is 16.5. The topological polar surface area (TPSA) is 83.6 Å². The number of alkyl carbamates (subject to hydrolysis) is 1. The van der Waals surface area contributed by atoms with Crippen LogP contribution in [0.25, 0.3) is 0 Å². The largest absolute Gasteiger partial charge is 0.444 e. The second-order valence-corrected chi connectivity index (χ2v) is 6.00. The van der Waals surface area contributed by atoms with E-state index in [4.69, 9.17) is 4.74 Å². The molecule has 22 heavy (non-hydrogen) atoms. The summed E-state index contributed by atoms with van der Waals surface area (Å²) in [5.74, 6) is -0.547. The lowest BCUT2D eigenvalue weighted by Crippen LogP contribution is -2.50. The molecule has 2 rings (SSSR count). The number of hydrogen-bond acceptors (Lipinski definition) is 5. The summed E-state index contributed by atoms with van der Waals surface area (Å²) in [4.78, 5) is 29.4. The van der Waals surface area contributed by atoms with Crippen LogP contribution in [-0.4, -0.2) is 42.2 Å². The van der Waals surface area contributed by atoms with Gasteiger partial charge >= 0.3 is 6.09 Å². The number of hydrogen-bond donors (Lipinski definition) is 2. The third kappa shape index (κ3) is 3.63. The SMILES string of the molecule is CN1C(=O)C(NC(=O)OC(C)(C)C)CNc2ncc(F)cc21. The first kappa shape index (κ1) is 16.0. The number of nitrogens with one attached hydrogen (secondary N) is 2. The maximum absolute atomic E-state index is 13.3. The molecule has 120 valence electrons. The van der Waals surface area contributed by atoms with E-state index in [2.05, 4.69) is 15.6 Å². The van der Waals surface area contributed by atoms with E-state index in [0.29, 0.717) is 11.5 Å². The van der Waals surface area contributed by atoms with Crippen LogP contribution in [0.2, 0.25) is 0 Å². The number of carbonyl (C=O) groups is 2. The summed E-state index contributed by atoms with van der Waals surface area (Å²) in [5.41, 5.74) is -0.344. The van der Waals surface area contributed by atoms with Crippen LogP contribution >= 0.6 is 0 Å². The van der Waals surface area contributed by atoms with Crippen molar-refractivity contribution in [2.45, 2.75) is 32.4 Å². The summed E-state index contributed by atoms with van der Waals surface area (Å²) < 4.78 is 18.4. The molecule has 0 bridgehead atoms. The van der Waals surface area contributed by atoms with Crippen LogP contribution in [0, 0.1) is 5.82 Å². The molecule has 0 fully saturated rings. The van der Waals surface area contributed by atoms with Crippen LogP contribution in [0.3, 0.4) is 0 Å². The lowest BCUT2D eigenvalue weighted by atomic mass is 10.2. The zero-order valence-electron chi connectivity index (χ0n) is 12.9. The molecular formula is C14H19FN4O3.